The molecule has 0 aliphatic heterocycles. The first-order valence-electron chi connectivity index (χ1n) is 4.93. The lowest BCUT2D eigenvalue weighted by atomic mass is 10.0. The lowest BCUT2D eigenvalue weighted by molar-refractivity contribution is 0.653. The molecule has 70 valence electrons. The highest BCUT2D eigenvalue weighted by Gasteiger charge is 2.17. The van der Waals surface area contributed by atoms with Crippen LogP contribution in [0.15, 0.2) is 24.3 Å². The van der Waals surface area contributed by atoms with Crippen molar-refractivity contribution in [3.63, 3.8) is 0 Å². The molecule has 1 unspecified atom stereocenters. The average Bonchev–Trinajstić information content (AvgIpc) is 2.37. The molecule has 0 heterocycles. The molecule has 1 atom stereocenters. The van der Waals surface area contributed by atoms with Crippen molar-refractivity contribution in [2.45, 2.75) is 46.5 Å². The normalized spacial score (nSPS) is 21.6. The highest BCUT2D eigenvalue weighted by molar-refractivity contribution is 5.11. The minimum atomic E-state index is 0.748. The summed E-state index contributed by atoms with van der Waals surface area (Å²) in [4.78, 5) is 0. The number of rotatable bonds is 1. The molecule has 1 rings (SSSR count). The van der Waals surface area contributed by atoms with E-state index < -0.39 is 0 Å². The zero-order valence-corrected chi connectivity index (χ0v) is 8.82. The third-order valence-electron chi connectivity index (χ3n) is 2.08. The highest BCUT2D eigenvalue weighted by atomic mass is 14.2. The molecule has 0 saturated heterocycles. The molecule has 1 saturated carbocycles. The fourth-order valence-corrected chi connectivity index (χ4v) is 1.35. The number of allylic oxidation sites excluding steroid dienone is 2. The molecule has 0 aromatic heterocycles. The molecule has 0 spiro atoms. The van der Waals surface area contributed by atoms with Gasteiger partial charge in [-0.15, -0.1) is 0 Å². The Morgan fingerprint density at radius 1 is 1.50 bits per heavy atom. The lowest BCUT2D eigenvalue weighted by Crippen LogP contribution is -1.91. The summed E-state index contributed by atoms with van der Waals surface area (Å²) in [5.41, 5.74) is 2.73. The first-order valence-corrected chi connectivity index (χ1v) is 4.93. The second-order valence-electron chi connectivity index (χ2n) is 3.74. The summed E-state index contributed by atoms with van der Waals surface area (Å²) >= 11 is 0. The zero-order chi connectivity index (χ0) is 9.56. The Labute approximate surface area is 77.4 Å². The van der Waals surface area contributed by atoms with Crippen LogP contribution in [0.4, 0.5) is 0 Å². The Balaban J connectivity index is 0.000000354. The summed E-state index contributed by atoms with van der Waals surface area (Å²) in [6.07, 6.45) is 4.95. The van der Waals surface area contributed by atoms with Gasteiger partial charge in [0, 0.05) is 0 Å². The largest absolute Gasteiger partial charge is 0.0998 e. The van der Waals surface area contributed by atoms with Gasteiger partial charge < -0.3 is 0 Å². The molecule has 1 aliphatic carbocycles. The molecule has 0 amide bonds. The maximum atomic E-state index is 3.95. The van der Waals surface area contributed by atoms with E-state index >= 15 is 0 Å². The Morgan fingerprint density at radius 3 is 2.17 bits per heavy atom. The van der Waals surface area contributed by atoms with Gasteiger partial charge in [-0.1, -0.05) is 44.6 Å². The Hall–Kier alpha value is -0.520. The first kappa shape index (κ1) is 11.5. The summed E-state index contributed by atoms with van der Waals surface area (Å²) in [5.74, 6) is 0.748. The summed E-state index contributed by atoms with van der Waals surface area (Å²) < 4.78 is 0. The van der Waals surface area contributed by atoms with Gasteiger partial charge in [0.2, 0.25) is 0 Å². The topological polar surface area (TPSA) is 0 Å². The van der Waals surface area contributed by atoms with Crippen LogP contribution in [0.5, 0.6) is 0 Å². The standard InChI is InChI=1S/C9H14.C3H8/c1-7(2)9-5-4-8(3)6-9;1-3-2/h9H,1,3-6H2,2H3;3H2,1-2H3. The first-order chi connectivity index (χ1) is 5.61. The van der Waals surface area contributed by atoms with E-state index in [1.54, 1.807) is 0 Å². The van der Waals surface area contributed by atoms with Crippen LogP contribution in [0.2, 0.25) is 0 Å². The van der Waals surface area contributed by atoms with Gasteiger partial charge in [0.1, 0.15) is 0 Å². The van der Waals surface area contributed by atoms with Crippen LogP contribution in [-0.2, 0) is 0 Å². The highest BCUT2D eigenvalue weighted by Crippen LogP contribution is 2.32. The summed E-state index contributed by atoms with van der Waals surface area (Å²) in [6, 6.07) is 0. The second kappa shape index (κ2) is 6.05. The quantitative estimate of drug-likeness (QED) is 0.508. The van der Waals surface area contributed by atoms with E-state index in [0.717, 1.165) is 5.92 Å². The maximum Gasteiger partial charge on any atom is -0.0168 e. The molecule has 0 nitrogen and oxygen atoms in total. The fourth-order valence-electron chi connectivity index (χ4n) is 1.35. The SMILES string of the molecule is C=C1CCC(C(=C)C)C1.CCC. The molecular weight excluding hydrogens is 144 g/mol. The third kappa shape index (κ3) is 4.38. The van der Waals surface area contributed by atoms with Crippen molar-refractivity contribution >= 4 is 0 Å². The van der Waals surface area contributed by atoms with Crippen molar-refractivity contribution < 1.29 is 0 Å². The fraction of sp³-hybridized carbons (Fsp3) is 0.667. The van der Waals surface area contributed by atoms with Crippen molar-refractivity contribution in [2.24, 2.45) is 5.92 Å². The average molecular weight is 166 g/mol. The van der Waals surface area contributed by atoms with Gasteiger partial charge in [0.25, 0.3) is 0 Å². The molecule has 0 radical (unpaired) electrons. The number of hydrogen-bond acceptors (Lipinski definition) is 0. The summed E-state index contributed by atoms with van der Waals surface area (Å²) in [6.45, 7) is 14.2. The van der Waals surface area contributed by atoms with Crippen LogP contribution in [0.1, 0.15) is 46.5 Å². The number of hydrogen-bond donors (Lipinski definition) is 0. The van der Waals surface area contributed by atoms with Gasteiger partial charge in [0.05, 0.1) is 0 Å². The smallest absolute Gasteiger partial charge is 0.0168 e. The van der Waals surface area contributed by atoms with Crippen LogP contribution >= 0.6 is 0 Å². The van der Waals surface area contributed by atoms with E-state index in [4.69, 9.17) is 0 Å². The van der Waals surface area contributed by atoms with Gasteiger partial charge >= 0.3 is 0 Å². The van der Waals surface area contributed by atoms with E-state index in [2.05, 4.69) is 33.9 Å². The summed E-state index contributed by atoms with van der Waals surface area (Å²) in [7, 11) is 0. The van der Waals surface area contributed by atoms with Crippen LogP contribution < -0.4 is 0 Å². The molecule has 1 fully saturated rings. The monoisotopic (exact) mass is 166 g/mol. The van der Waals surface area contributed by atoms with Crippen LogP contribution in [0.3, 0.4) is 0 Å². The molecule has 0 aromatic carbocycles. The van der Waals surface area contributed by atoms with Crippen molar-refractivity contribution in [3.8, 4) is 0 Å². The maximum absolute atomic E-state index is 3.95. The molecule has 1 aliphatic rings. The summed E-state index contributed by atoms with van der Waals surface area (Å²) in [5, 5.41) is 0. The third-order valence-corrected chi connectivity index (χ3v) is 2.08. The predicted octanol–water partition coefficient (Wildman–Crippen LogP) is 4.34. The van der Waals surface area contributed by atoms with E-state index in [0.29, 0.717) is 0 Å². The van der Waals surface area contributed by atoms with Gasteiger partial charge in [-0.05, 0) is 32.1 Å². The Morgan fingerprint density at radius 2 is 2.00 bits per heavy atom. The molecule has 0 aromatic rings. The zero-order valence-electron chi connectivity index (χ0n) is 8.82. The van der Waals surface area contributed by atoms with E-state index in [1.807, 2.05) is 0 Å². The minimum Gasteiger partial charge on any atom is -0.0998 e. The minimum absolute atomic E-state index is 0.748. The van der Waals surface area contributed by atoms with Crippen LogP contribution in [0, 0.1) is 5.92 Å². The van der Waals surface area contributed by atoms with Crippen LogP contribution in [0.25, 0.3) is 0 Å². The molecular formula is C12H22. The van der Waals surface area contributed by atoms with Crippen molar-refractivity contribution in [1.82, 2.24) is 0 Å². The van der Waals surface area contributed by atoms with Crippen molar-refractivity contribution in [1.29, 1.82) is 0 Å². The molecule has 0 N–H and O–H groups in total. The Bertz CT molecular complexity index is 153. The van der Waals surface area contributed by atoms with Gasteiger partial charge in [0.15, 0.2) is 0 Å². The van der Waals surface area contributed by atoms with Crippen LogP contribution in [-0.4, -0.2) is 0 Å². The second-order valence-corrected chi connectivity index (χ2v) is 3.74. The van der Waals surface area contributed by atoms with Crippen molar-refractivity contribution in [3.05, 3.63) is 24.3 Å². The predicted molar refractivity (Wildman–Crippen MR) is 57.3 cm³/mol. The van der Waals surface area contributed by atoms with Gasteiger partial charge in [-0.2, -0.15) is 0 Å². The van der Waals surface area contributed by atoms with Crippen molar-refractivity contribution in [2.75, 3.05) is 0 Å². The van der Waals surface area contributed by atoms with E-state index in [-0.39, 0.29) is 0 Å². The molecule has 12 heavy (non-hydrogen) atoms. The van der Waals surface area contributed by atoms with E-state index in [9.17, 15) is 0 Å². The van der Waals surface area contributed by atoms with E-state index in [1.165, 1.54) is 36.8 Å². The van der Waals surface area contributed by atoms with Gasteiger partial charge in [-0.25, -0.2) is 0 Å². The molecule has 0 heteroatoms. The Kier molecular flexibility index (Phi) is 5.79. The lowest BCUT2D eigenvalue weighted by Gasteiger charge is -2.05. The molecule has 0 bridgehead atoms. The van der Waals surface area contributed by atoms with Gasteiger partial charge in [-0.3, -0.25) is 0 Å².